The van der Waals surface area contributed by atoms with Crippen molar-refractivity contribution < 1.29 is 14.6 Å². The van der Waals surface area contributed by atoms with Crippen LogP contribution in [-0.4, -0.2) is 79.6 Å². The Morgan fingerprint density at radius 3 is 2.54 bits per heavy atom. The van der Waals surface area contributed by atoms with E-state index in [4.69, 9.17) is 20.4 Å². The summed E-state index contributed by atoms with van der Waals surface area (Å²) in [7, 11) is 1.50. The van der Waals surface area contributed by atoms with E-state index in [1.165, 1.54) is 12.7 Å². The lowest BCUT2D eigenvalue weighted by atomic mass is 9.72. The number of aromatic nitrogens is 4. The number of methoxy groups -OCH3 is 1. The summed E-state index contributed by atoms with van der Waals surface area (Å²) in [6, 6.07) is 26.5. The minimum Gasteiger partial charge on any atom is -0.491 e. The van der Waals surface area contributed by atoms with Gasteiger partial charge < -0.3 is 20.5 Å². The zero-order chi connectivity index (χ0) is 31.4. The summed E-state index contributed by atoms with van der Waals surface area (Å²) in [4.78, 5) is 31.0. The molecule has 5 aromatic rings. The van der Waals surface area contributed by atoms with E-state index in [9.17, 15) is 9.90 Å². The largest absolute Gasteiger partial charge is 0.491 e. The molecule has 2 fully saturated rings. The first-order valence-corrected chi connectivity index (χ1v) is 15.7. The highest BCUT2D eigenvalue weighted by Crippen LogP contribution is 2.43. The summed E-state index contributed by atoms with van der Waals surface area (Å²) in [5.41, 5.74) is 13.5. The Bertz CT molecular complexity index is 1980. The van der Waals surface area contributed by atoms with Crippen LogP contribution in [0.15, 0.2) is 96.5 Å². The van der Waals surface area contributed by atoms with Gasteiger partial charge in [0.2, 0.25) is 5.78 Å². The fourth-order valence-electron chi connectivity index (χ4n) is 7.40. The molecule has 2 saturated heterocycles. The van der Waals surface area contributed by atoms with E-state index < -0.39 is 6.10 Å². The third-order valence-corrected chi connectivity index (χ3v) is 9.54. The second-order valence-corrected chi connectivity index (χ2v) is 12.6. The van der Waals surface area contributed by atoms with Gasteiger partial charge >= 0.3 is 0 Å². The standard InChI is InChI=1S/C36H35N7O3/c1-46-32-29(30(44)31(32)45)42-18-6-16-36(22-42)20-41(21-36)19-23-10-12-25(13-11-23)43-34(26-9-5-17-38-33(26)37)40-28-15-14-27(39-35(28)43)24-7-3-2-4-8-24/h2-5,7-15,17,30,44H,6,16,18-22H2,1H3,(H2,37,38). The van der Waals surface area contributed by atoms with Crippen LogP contribution in [0.2, 0.25) is 0 Å². The van der Waals surface area contributed by atoms with E-state index in [1.807, 2.05) is 42.5 Å². The smallest absolute Gasteiger partial charge is 0.233 e. The zero-order valence-electron chi connectivity index (χ0n) is 25.6. The van der Waals surface area contributed by atoms with E-state index in [-0.39, 0.29) is 11.2 Å². The number of piperidine rings is 1. The lowest BCUT2D eigenvalue weighted by Crippen LogP contribution is -2.63. The van der Waals surface area contributed by atoms with E-state index in [0.717, 1.165) is 79.2 Å². The molecule has 1 aliphatic carbocycles. The number of benzene rings is 2. The van der Waals surface area contributed by atoms with Gasteiger partial charge in [0.15, 0.2) is 23.3 Å². The lowest BCUT2D eigenvalue weighted by Gasteiger charge is -2.56. The zero-order valence-corrected chi connectivity index (χ0v) is 25.6. The number of ketones is 1. The first-order chi connectivity index (χ1) is 22.4. The molecule has 10 heteroatoms. The van der Waals surface area contributed by atoms with Crippen LogP contribution in [0.1, 0.15) is 18.4 Å². The van der Waals surface area contributed by atoms with Gasteiger partial charge in [0, 0.05) is 55.6 Å². The molecule has 232 valence electrons. The highest BCUT2D eigenvalue weighted by atomic mass is 16.5. The number of carbonyl (C=O) groups excluding carboxylic acids is 1. The fraction of sp³-hybridized carbons (Fsp3) is 0.278. The topological polar surface area (TPSA) is 123 Å². The Hall–Kier alpha value is -5.06. The normalized spacial score (nSPS) is 19.4. The number of nitrogen functional groups attached to an aromatic ring is 1. The van der Waals surface area contributed by atoms with Crippen molar-refractivity contribution in [3.63, 3.8) is 0 Å². The Kier molecular flexibility index (Phi) is 6.84. The number of Topliss-reactive ketones (excluding diaryl/α,β-unsaturated/α-hetero) is 1. The Labute approximate surface area is 266 Å². The number of aliphatic hydroxyl groups is 1. The maximum atomic E-state index is 12.0. The molecular weight excluding hydrogens is 578 g/mol. The Morgan fingerprint density at radius 1 is 0.978 bits per heavy atom. The number of nitrogens with two attached hydrogens (primary N) is 1. The Morgan fingerprint density at radius 2 is 1.78 bits per heavy atom. The number of hydrogen-bond donors (Lipinski definition) is 2. The van der Waals surface area contributed by atoms with Crippen LogP contribution in [-0.2, 0) is 16.1 Å². The van der Waals surface area contributed by atoms with Crippen molar-refractivity contribution in [2.24, 2.45) is 5.41 Å². The molecule has 0 bridgehead atoms. The molecule has 3 aromatic heterocycles. The van der Waals surface area contributed by atoms with E-state index in [0.29, 0.717) is 23.1 Å². The predicted molar refractivity (Wildman–Crippen MR) is 176 cm³/mol. The average Bonchev–Trinajstić information content (AvgIpc) is 3.45. The molecule has 1 unspecified atom stereocenters. The van der Waals surface area contributed by atoms with E-state index >= 15 is 0 Å². The number of carbonyl (C=O) groups is 1. The van der Waals surface area contributed by atoms with Crippen molar-refractivity contribution in [3.05, 3.63) is 102 Å². The van der Waals surface area contributed by atoms with Crippen molar-refractivity contribution >= 4 is 22.8 Å². The number of imidazole rings is 1. The summed E-state index contributed by atoms with van der Waals surface area (Å²) in [5.74, 6) is 1.11. The van der Waals surface area contributed by atoms with Gasteiger partial charge in [-0.2, -0.15) is 0 Å². The monoisotopic (exact) mass is 613 g/mol. The number of nitrogens with zero attached hydrogens (tertiary/aromatic N) is 6. The van der Waals surface area contributed by atoms with Gasteiger partial charge in [0.05, 0.1) is 24.1 Å². The number of fused-ring (bicyclic) bond motifs is 1. The van der Waals surface area contributed by atoms with E-state index in [1.54, 1.807) is 6.20 Å². The third-order valence-electron chi connectivity index (χ3n) is 9.54. The van der Waals surface area contributed by atoms with Crippen molar-refractivity contribution in [3.8, 4) is 28.3 Å². The number of rotatable bonds is 7. The maximum absolute atomic E-state index is 12.0. The van der Waals surface area contributed by atoms with Crippen molar-refractivity contribution in [2.75, 3.05) is 39.0 Å². The van der Waals surface area contributed by atoms with Gasteiger partial charge in [0.25, 0.3) is 0 Å². The first-order valence-electron chi connectivity index (χ1n) is 15.7. The molecule has 0 radical (unpaired) electrons. The molecule has 10 nitrogen and oxygen atoms in total. The molecule has 0 amide bonds. The number of pyridine rings is 2. The van der Waals surface area contributed by atoms with Crippen LogP contribution in [0, 0.1) is 5.41 Å². The molecule has 1 spiro atoms. The highest BCUT2D eigenvalue weighted by molar-refractivity contribution is 6.06. The molecule has 8 rings (SSSR count). The van der Waals surface area contributed by atoms with Gasteiger partial charge in [0.1, 0.15) is 11.3 Å². The molecule has 2 aromatic carbocycles. The number of ether oxygens (including phenoxy) is 1. The van der Waals surface area contributed by atoms with Crippen LogP contribution < -0.4 is 5.73 Å². The summed E-state index contributed by atoms with van der Waals surface area (Å²) in [5, 5.41) is 10.3. The molecule has 46 heavy (non-hydrogen) atoms. The molecule has 5 heterocycles. The molecule has 3 N–H and O–H groups in total. The predicted octanol–water partition coefficient (Wildman–Crippen LogP) is 4.43. The fourth-order valence-corrected chi connectivity index (χ4v) is 7.40. The Balaban J connectivity index is 1.05. The van der Waals surface area contributed by atoms with E-state index in [2.05, 4.69) is 55.7 Å². The maximum Gasteiger partial charge on any atom is 0.233 e. The summed E-state index contributed by atoms with van der Waals surface area (Å²) < 4.78 is 7.34. The third kappa shape index (κ3) is 4.72. The van der Waals surface area contributed by atoms with Gasteiger partial charge in [-0.05, 0) is 54.8 Å². The summed E-state index contributed by atoms with van der Waals surface area (Å²) in [6.07, 6.45) is 2.81. The quantitative estimate of drug-likeness (QED) is 0.275. The van der Waals surface area contributed by atoms with Gasteiger partial charge in [-0.3, -0.25) is 14.3 Å². The molecular formula is C36H35N7O3. The minimum absolute atomic E-state index is 0.165. The summed E-state index contributed by atoms with van der Waals surface area (Å²) in [6.45, 7) is 4.48. The number of anilines is 1. The van der Waals surface area contributed by atoms with Gasteiger partial charge in [-0.15, -0.1) is 0 Å². The molecule has 1 atom stereocenters. The second kappa shape index (κ2) is 11.1. The number of likely N-dealkylation sites (tertiary alicyclic amines) is 2. The SMILES string of the molecule is COC1=C(N2CCCC3(CN(Cc4ccc(-n5c(-c6cccnc6N)nc6ccc(-c7ccccc7)nc65)cc4)C3)C2)C(O)C1=O. The number of aliphatic hydroxyl groups excluding tert-OH is 1. The average molecular weight is 614 g/mol. The molecule has 2 aliphatic heterocycles. The van der Waals surface area contributed by atoms with Crippen molar-refractivity contribution in [1.82, 2.24) is 29.3 Å². The van der Waals surface area contributed by atoms with Crippen LogP contribution >= 0.6 is 0 Å². The van der Waals surface area contributed by atoms with Crippen LogP contribution in [0.3, 0.4) is 0 Å². The lowest BCUT2D eigenvalue weighted by molar-refractivity contribution is -0.132. The second-order valence-electron chi connectivity index (χ2n) is 12.6. The van der Waals surface area contributed by atoms with Crippen molar-refractivity contribution in [2.45, 2.75) is 25.5 Å². The summed E-state index contributed by atoms with van der Waals surface area (Å²) >= 11 is 0. The number of hydrogen-bond acceptors (Lipinski definition) is 9. The van der Waals surface area contributed by atoms with Crippen LogP contribution in [0.25, 0.3) is 39.5 Å². The first kappa shape index (κ1) is 28.4. The van der Waals surface area contributed by atoms with Gasteiger partial charge in [-0.1, -0.05) is 42.5 Å². The van der Waals surface area contributed by atoms with Crippen LogP contribution in [0.4, 0.5) is 5.82 Å². The molecule has 0 saturated carbocycles. The van der Waals surface area contributed by atoms with Crippen molar-refractivity contribution in [1.29, 1.82) is 0 Å². The van der Waals surface area contributed by atoms with Crippen LogP contribution in [0.5, 0.6) is 0 Å². The van der Waals surface area contributed by atoms with Gasteiger partial charge in [-0.25, -0.2) is 15.0 Å². The highest BCUT2D eigenvalue weighted by Gasteiger charge is 2.50. The molecule has 3 aliphatic rings. The minimum atomic E-state index is -1.05.